The number of anilines is 1. The van der Waals surface area contributed by atoms with Gasteiger partial charge in [0.2, 0.25) is 0 Å². The summed E-state index contributed by atoms with van der Waals surface area (Å²) in [6.07, 6.45) is 2.53. The lowest BCUT2D eigenvalue weighted by Crippen LogP contribution is -2.25. The number of nitrogens with one attached hydrogen (secondary N) is 1. The molecule has 2 aromatic rings. The first-order valence-corrected chi connectivity index (χ1v) is 9.94. The number of nitrogens with two attached hydrogens (primary N) is 1. The van der Waals surface area contributed by atoms with Gasteiger partial charge in [0, 0.05) is 4.88 Å². The summed E-state index contributed by atoms with van der Waals surface area (Å²) in [5.74, 6) is -2.20. The molecule has 1 atom stereocenters. The molecule has 0 saturated heterocycles. The molecule has 1 aromatic carbocycles. The predicted octanol–water partition coefficient (Wildman–Crippen LogP) is 2.67. The summed E-state index contributed by atoms with van der Waals surface area (Å²) in [7, 11) is 0. The van der Waals surface area contributed by atoms with E-state index in [-0.39, 0.29) is 5.75 Å². The van der Waals surface area contributed by atoms with Crippen molar-refractivity contribution in [3.05, 3.63) is 46.1 Å². The second kappa shape index (κ2) is 9.04. The van der Waals surface area contributed by atoms with Crippen LogP contribution in [0.1, 0.15) is 34.1 Å². The molecule has 154 valence electrons. The zero-order valence-electron chi connectivity index (χ0n) is 15.8. The normalized spacial score (nSPS) is 15.3. The van der Waals surface area contributed by atoms with Crippen molar-refractivity contribution in [1.82, 2.24) is 0 Å². The van der Waals surface area contributed by atoms with Gasteiger partial charge in [-0.05, 0) is 42.9 Å². The SMILES string of the molecule is C[C@@H]1CCc2c(sc(NC(=O)COC(=O)COc3ccccc3F)c2C(N)=O)C1. The fourth-order valence-electron chi connectivity index (χ4n) is 3.15. The molecule has 1 aliphatic rings. The van der Waals surface area contributed by atoms with Gasteiger partial charge in [-0.2, -0.15) is 0 Å². The molecule has 0 saturated carbocycles. The van der Waals surface area contributed by atoms with Crippen molar-refractivity contribution >= 4 is 34.1 Å². The van der Waals surface area contributed by atoms with Crippen LogP contribution in [-0.2, 0) is 27.2 Å². The Labute approximate surface area is 171 Å². The number of hydrogen-bond acceptors (Lipinski definition) is 6. The number of thiophene rings is 1. The topological polar surface area (TPSA) is 108 Å². The lowest BCUT2D eigenvalue weighted by atomic mass is 9.88. The van der Waals surface area contributed by atoms with Crippen molar-refractivity contribution in [2.45, 2.75) is 26.2 Å². The molecule has 0 aliphatic heterocycles. The number of benzene rings is 1. The number of carbonyl (C=O) groups is 3. The van der Waals surface area contributed by atoms with E-state index in [1.807, 2.05) is 0 Å². The van der Waals surface area contributed by atoms with Crippen molar-refractivity contribution in [3.63, 3.8) is 0 Å². The number of amides is 2. The number of esters is 1. The molecule has 3 rings (SSSR count). The Morgan fingerprint density at radius 1 is 1.28 bits per heavy atom. The van der Waals surface area contributed by atoms with Gasteiger partial charge in [-0.15, -0.1) is 11.3 Å². The van der Waals surface area contributed by atoms with Crippen molar-refractivity contribution in [2.24, 2.45) is 11.7 Å². The van der Waals surface area contributed by atoms with E-state index >= 15 is 0 Å². The second-order valence-corrected chi connectivity index (χ2v) is 7.95. The summed E-state index contributed by atoms with van der Waals surface area (Å²) in [5, 5.41) is 2.98. The molecule has 0 bridgehead atoms. The van der Waals surface area contributed by atoms with Gasteiger partial charge in [-0.25, -0.2) is 9.18 Å². The van der Waals surface area contributed by atoms with E-state index in [1.165, 1.54) is 29.5 Å². The van der Waals surface area contributed by atoms with Gasteiger partial charge in [0.05, 0.1) is 5.56 Å². The molecule has 1 heterocycles. The summed E-state index contributed by atoms with van der Waals surface area (Å²) in [5.41, 5.74) is 6.73. The number of para-hydroxylation sites is 1. The minimum absolute atomic E-state index is 0.0848. The number of rotatable bonds is 7. The number of carbonyl (C=O) groups excluding carboxylic acids is 3. The van der Waals surface area contributed by atoms with Crippen LogP contribution in [0.2, 0.25) is 0 Å². The quantitative estimate of drug-likeness (QED) is 0.670. The maximum absolute atomic E-state index is 13.4. The van der Waals surface area contributed by atoms with Crippen LogP contribution in [0, 0.1) is 11.7 Å². The molecule has 1 aromatic heterocycles. The fraction of sp³-hybridized carbons (Fsp3) is 0.350. The summed E-state index contributed by atoms with van der Waals surface area (Å²) < 4.78 is 23.3. The number of halogens is 1. The molecule has 1 aliphatic carbocycles. The van der Waals surface area contributed by atoms with Gasteiger partial charge in [0.1, 0.15) is 5.00 Å². The maximum atomic E-state index is 13.4. The van der Waals surface area contributed by atoms with Crippen LogP contribution in [0.4, 0.5) is 9.39 Å². The molecule has 7 nitrogen and oxygen atoms in total. The van der Waals surface area contributed by atoms with Crippen molar-refractivity contribution in [1.29, 1.82) is 0 Å². The molecule has 9 heteroatoms. The highest BCUT2D eigenvalue weighted by Gasteiger charge is 2.27. The lowest BCUT2D eigenvalue weighted by Gasteiger charge is -2.18. The van der Waals surface area contributed by atoms with Gasteiger partial charge < -0.3 is 20.5 Å². The van der Waals surface area contributed by atoms with Gasteiger partial charge in [0.15, 0.2) is 24.8 Å². The molecule has 2 amide bonds. The monoisotopic (exact) mass is 420 g/mol. The number of hydrogen-bond donors (Lipinski definition) is 2. The number of ether oxygens (including phenoxy) is 2. The van der Waals surface area contributed by atoms with Gasteiger partial charge in [-0.3, -0.25) is 9.59 Å². The van der Waals surface area contributed by atoms with Crippen molar-refractivity contribution in [2.75, 3.05) is 18.5 Å². The van der Waals surface area contributed by atoms with Crippen LogP contribution < -0.4 is 15.8 Å². The van der Waals surface area contributed by atoms with Gasteiger partial charge in [-0.1, -0.05) is 19.1 Å². The molecule has 0 radical (unpaired) electrons. The van der Waals surface area contributed by atoms with Crippen LogP contribution in [-0.4, -0.2) is 31.0 Å². The third-order valence-corrected chi connectivity index (χ3v) is 5.73. The second-order valence-electron chi connectivity index (χ2n) is 6.85. The van der Waals surface area contributed by atoms with E-state index in [1.54, 1.807) is 6.07 Å². The van der Waals surface area contributed by atoms with E-state index in [4.69, 9.17) is 15.2 Å². The number of primary amides is 1. The summed E-state index contributed by atoms with van der Waals surface area (Å²) in [4.78, 5) is 36.8. The third kappa shape index (κ3) is 5.11. The van der Waals surface area contributed by atoms with E-state index in [0.29, 0.717) is 16.5 Å². The predicted molar refractivity (Wildman–Crippen MR) is 106 cm³/mol. The van der Waals surface area contributed by atoms with Gasteiger partial charge in [0.25, 0.3) is 11.8 Å². The zero-order valence-corrected chi connectivity index (χ0v) is 16.6. The third-order valence-electron chi connectivity index (χ3n) is 4.56. The largest absolute Gasteiger partial charge is 0.479 e. The molecule has 0 spiro atoms. The standard InChI is InChI=1S/C20H21FN2O5S/c1-11-6-7-12-15(8-11)29-20(18(12)19(22)26)23-16(24)9-28-17(25)10-27-14-5-3-2-4-13(14)21/h2-5,11H,6-10H2,1H3,(H2,22,26)(H,23,24)/t11-/m1/s1. The maximum Gasteiger partial charge on any atom is 0.344 e. The summed E-state index contributed by atoms with van der Waals surface area (Å²) in [6.45, 7) is 1.04. The van der Waals surface area contributed by atoms with E-state index < -0.39 is 36.8 Å². The Morgan fingerprint density at radius 2 is 2.03 bits per heavy atom. The molecule has 0 unspecified atom stereocenters. The van der Waals surface area contributed by atoms with Crippen LogP contribution in [0.5, 0.6) is 5.75 Å². The molecule has 3 N–H and O–H groups in total. The zero-order chi connectivity index (χ0) is 21.0. The van der Waals surface area contributed by atoms with Crippen LogP contribution in [0.15, 0.2) is 24.3 Å². The van der Waals surface area contributed by atoms with Crippen LogP contribution in [0.3, 0.4) is 0 Å². The highest BCUT2D eigenvalue weighted by atomic mass is 32.1. The Balaban J connectivity index is 1.55. The molecule has 29 heavy (non-hydrogen) atoms. The van der Waals surface area contributed by atoms with Gasteiger partial charge >= 0.3 is 5.97 Å². The van der Waals surface area contributed by atoms with Crippen LogP contribution >= 0.6 is 11.3 Å². The minimum atomic E-state index is -0.821. The first-order valence-electron chi connectivity index (χ1n) is 9.12. The van der Waals surface area contributed by atoms with Crippen molar-refractivity contribution in [3.8, 4) is 5.75 Å². The summed E-state index contributed by atoms with van der Waals surface area (Å²) >= 11 is 1.33. The first kappa shape index (κ1) is 20.8. The highest BCUT2D eigenvalue weighted by Crippen LogP contribution is 2.39. The molecular weight excluding hydrogens is 399 g/mol. The van der Waals surface area contributed by atoms with E-state index in [2.05, 4.69) is 12.2 Å². The number of fused-ring (bicyclic) bond motifs is 1. The minimum Gasteiger partial charge on any atom is -0.479 e. The van der Waals surface area contributed by atoms with Crippen molar-refractivity contribution < 1.29 is 28.2 Å². The highest BCUT2D eigenvalue weighted by molar-refractivity contribution is 7.17. The Bertz CT molecular complexity index is 943. The average molecular weight is 420 g/mol. The Kier molecular flexibility index (Phi) is 6.48. The molecule has 0 fully saturated rings. The Morgan fingerprint density at radius 3 is 2.76 bits per heavy atom. The summed E-state index contributed by atoms with van der Waals surface area (Å²) in [6, 6.07) is 5.63. The fourth-order valence-corrected chi connectivity index (χ4v) is 4.58. The lowest BCUT2D eigenvalue weighted by molar-refractivity contribution is -0.149. The first-order chi connectivity index (χ1) is 13.8. The smallest absolute Gasteiger partial charge is 0.344 e. The average Bonchev–Trinajstić information content (AvgIpc) is 3.02. The van der Waals surface area contributed by atoms with E-state index in [9.17, 15) is 18.8 Å². The molecular formula is C20H21FN2O5S. The Hall–Kier alpha value is -2.94. The van der Waals surface area contributed by atoms with E-state index in [0.717, 1.165) is 29.7 Å². The van der Waals surface area contributed by atoms with Crippen LogP contribution in [0.25, 0.3) is 0 Å².